The largest absolute Gasteiger partial charge is 0.454 e. The van der Waals surface area contributed by atoms with Crippen LogP contribution in [-0.2, 0) is 16.4 Å². The summed E-state index contributed by atoms with van der Waals surface area (Å²) in [4.78, 5) is 2.60. The van der Waals surface area contributed by atoms with Gasteiger partial charge < -0.3 is 9.84 Å². The van der Waals surface area contributed by atoms with Gasteiger partial charge in [0, 0.05) is 40.6 Å². The van der Waals surface area contributed by atoms with Crippen molar-refractivity contribution in [2.45, 2.75) is 24.3 Å². The number of hydrogen-bond donors (Lipinski definition) is 1. The molecule has 1 unspecified atom stereocenters. The van der Waals surface area contributed by atoms with Gasteiger partial charge in [0.2, 0.25) is 0 Å². The van der Waals surface area contributed by atoms with Crippen molar-refractivity contribution in [1.82, 2.24) is 3.97 Å². The number of aryl methyl sites for hydroxylation is 1. The topological polar surface area (TPSA) is 141 Å². The third kappa shape index (κ3) is 5.10. The number of hydrogen-bond acceptors (Lipinski definition) is 6. The molecule has 0 aliphatic carbocycles. The molecule has 0 spiro atoms. The molecule has 4 aromatic rings. The number of azide groups is 1. The fraction of sp³-hybridized carbons (Fsp3) is 0.160. The number of aliphatic hydroxyl groups is 1. The Morgan fingerprint density at radius 1 is 1.16 bits per heavy atom. The zero-order valence-electron chi connectivity index (χ0n) is 19.3. The fourth-order valence-electron chi connectivity index (χ4n) is 3.82. The van der Waals surface area contributed by atoms with E-state index >= 15 is 4.39 Å². The molecule has 0 fully saturated rings. The second-order valence-electron chi connectivity index (χ2n) is 8.16. The molecule has 0 amide bonds. The Balaban J connectivity index is 1.89. The van der Waals surface area contributed by atoms with Crippen LogP contribution in [0.5, 0.6) is 11.5 Å². The van der Waals surface area contributed by atoms with Crippen LogP contribution < -0.4 is 4.74 Å². The van der Waals surface area contributed by atoms with E-state index in [0.29, 0.717) is 0 Å². The normalized spacial score (nSPS) is 12.1. The summed E-state index contributed by atoms with van der Waals surface area (Å²) in [5, 5.41) is 23.1. The first-order valence-electron chi connectivity index (χ1n) is 10.9. The van der Waals surface area contributed by atoms with Gasteiger partial charge in [-0.25, -0.2) is 21.2 Å². The van der Waals surface area contributed by atoms with E-state index in [9.17, 15) is 17.9 Å². The van der Waals surface area contributed by atoms with Gasteiger partial charge in [-0.05, 0) is 42.8 Å². The number of ether oxygens (including phenoxy) is 1. The maximum Gasteiger partial charge on any atom is 0.268 e. The number of rotatable bonds is 8. The standard InChI is InChI=1S/C25H19F2N5O4S/c1-15-2-5-19(6-3-15)37(34,35)32-9-8-20-21(11-17(33)14-30-31-29)25(23(27)12-24(20)32)36-18-4-7-22(26)16(10-18)13-28/h2-10,12,17,33H,11,14H2,1H3. The van der Waals surface area contributed by atoms with Gasteiger partial charge in [0.25, 0.3) is 10.0 Å². The first kappa shape index (κ1) is 25.7. The van der Waals surface area contributed by atoms with E-state index in [0.717, 1.165) is 27.7 Å². The van der Waals surface area contributed by atoms with E-state index in [1.807, 2.05) is 6.92 Å². The minimum absolute atomic E-state index is 0.00313. The number of aliphatic hydroxyl groups excluding tert-OH is 1. The lowest BCUT2D eigenvalue weighted by Gasteiger charge is -2.17. The third-order valence-electron chi connectivity index (χ3n) is 5.62. The highest BCUT2D eigenvalue weighted by atomic mass is 32.2. The van der Waals surface area contributed by atoms with Crippen LogP contribution in [0, 0.1) is 29.9 Å². The Hall–Kier alpha value is -4.43. The number of halogens is 2. The van der Waals surface area contributed by atoms with Crippen LogP contribution in [0.2, 0.25) is 0 Å². The van der Waals surface area contributed by atoms with Crippen molar-refractivity contribution in [2.75, 3.05) is 6.54 Å². The van der Waals surface area contributed by atoms with Crippen LogP contribution in [0.4, 0.5) is 8.78 Å². The van der Waals surface area contributed by atoms with Gasteiger partial charge in [-0.2, -0.15) is 5.26 Å². The van der Waals surface area contributed by atoms with Crippen molar-refractivity contribution in [3.8, 4) is 17.6 Å². The zero-order chi connectivity index (χ0) is 26.7. The SMILES string of the molecule is Cc1ccc(S(=O)(=O)n2ccc3c(CC(O)CN=[N+]=[N-])c(Oc4ccc(F)c(C#N)c4)c(F)cc32)cc1. The molecule has 0 saturated carbocycles. The van der Waals surface area contributed by atoms with Gasteiger partial charge in [-0.3, -0.25) is 0 Å². The molecular formula is C25H19F2N5O4S. The molecule has 0 saturated heterocycles. The molecule has 1 aromatic heterocycles. The molecule has 0 bridgehead atoms. The number of benzene rings is 3. The van der Waals surface area contributed by atoms with Crippen molar-refractivity contribution in [2.24, 2.45) is 5.11 Å². The average Bonchev–Trinajstić information content (AvgIpc) is 3.30. The van der Waals surface area contributed by atoms with Gasteiger partial charge in [0.1, 0.15) is 17.6 Å². The lowest BCUT2D eigenvalue weighted by molar-refractivity contribution is 0.182. The molecule has 9 nitrogen and oxygen atoms in total. The van der Waals surface area contributed by atoms with E-state index in [1.165, 1.54) is 30.5 Å². The highest BCUT2D eigenvalue weighted by Gasteiger charge is 2.25. The van der Waals surface area contributed by atoms with Gasteiger partial charge in [-0.1, -0.05) is 22.8 Å². The Morgan fingerprint density at radius 2 is 1.89 bits per heavy atom. The van der Waals surface area contributed by atoms with Crippen LogP contribution in [0.25, 0.3) is 21.3 Å². The molecule has 12 heteroatoms. The zero-order valence-corrected chi connectivity index (χ0v) is 20.2. The van der Waals surface area contributed by atoms with Crippen LogP contribution in [-0.4, -0.2) is 30.1 Å². The molecule has 1 heterocycles. The monoisotopic (exact) mass is 523 g/mol. The Bertz CT molecular complexity index is 1690. The first-order valence-corrected chi connectivity index (χ1v) is 12.3. The Kier molecular flexibility index (Phi) is 7.13. The van der Waals surface area contributed by atoms with Gasteiger partial charge in [-0.15, -0.1) is 0 Å². The summed E-state index contributed by atoms with van der Waals surface area (Å²) in [5.74, 6) is -2.14. The van der Waals surface area contributed by atoms with Crippen LogP contribution >= 0.6 is 0 Å². The maximum absolute atomic E-state index is 15.5. The minimum atomic E-state index is -4.10. The Morgan fingerprint density at radius 3 is 2.57 bits per heavy atom. The molecule has 1 N–H and O–H groups in total. The molecule has 3 aromatic carbocycles. The smallest absolute Gasteiger partial charge is 0.268 e. The fourth-order valence-corrected chi connectivity index (χ4v) is 5.16. The number of nitriles is 1. The second kappa shape index (κ2) is 10.3. The number of fused-ring (bicyclic) bond motifs is 1. The quantitative estimate of drug-likeness (QED) is 0.188. The molecule has 188 valence electrons. The predicted octanol–water partition coefficient (Wildman–Crippen LogP) is 5.34. The highest BCUT2D eigenvalue weighted by molar-refractivity contribution is 7.90. The summed E-state index contributed by atoms with van der Waals surface area (Å²) < 4.78 is 62.5. The van der Waals surface area contributed by atoms with Gasteiger partial charge in [0.15, 0.2) is 11.6 Å². The molecule has 1 atom stereocenters. The van der Waals surface area contributed by atoms with Crippen molar-refractivity contribution < 1.29 is 27.0 Å². The van der Waals surface area contributed by atoms with Gasteiger partial charge in [0.05, 0.1) is 28.6 Å². The minimum Gasteiger partial charge on any atom is -0.454 e. The second-order valence-corrected chi connectivity index (χ2v) is 9.97. The third-order valence-corrected chi connectivity index (χ3v) is 7.33. The lowest BCUT2D eigenvalue weighted by Crippen LogP contribution is -2.16. The average molecular weight is 524 g/mol. The van der Waals surface area contributed by atoms with Crippen molar-refractivity contribution in [3.05, 3.63) is 99.6 Å². The van der Waals surface area contributed by atoms with E-state index < -0.39 is 27.8 Å². The number of nitrogens with zero attached hydrogens (tertiary/aromatic N) is 5. The van der Waals surface area contributed by atoms with Crippen molar-refractivity contribution >= 4 is 20.9 Å². The van der Waals surface area contributed by atoms with Crippen LogP contribution in [0.1, 0.15) is 16.7 Å². The van der Waals surface area contributed by atoms with E-state index in [-0.39, 0.29) is 51.4 Å². The lowest BCUT2D eigenvalue weighted by atomic mass is 10.0. The summed E-state index contributed by atoms with van der Waals surface area (Å²) in [6.45, 7) is 1.48. The Labute approximate surface area is 210 Å². The van der Waals surface area contributed by atoms with E-state index in [2.05, 4.69) is 10.0 Å². The van der Waals surface area contributed by atoms with Crippen molar-refractivity contribution in [1.29, 1.82) is 5.26 Å². The van der Waals surface area contributed by atoms with Crippen molar-refractivity contribution in [3.63, 3.8) is 0 Å². The van der Waals surface area contributed by atoms with Gasteiger partial charge >= 0.3 is 0 Å². The predicted molar refractivity (Wildman–Crippen MR) is 131 cm³/mol. The number of aromatic nitrogens is 1. The summed E-state index contributed by atoms with van der Waals surface area (Å²) in [6, 6.07) is 13.5. The maximum atomic E-state index is 15.5. The molecule has 0 radical (unpaired) electrons. The van der Waals surface area contributed by atoms with Crippen LogP contribution in [0.3, 0.4) is 0 Å². The van der Waals surface area contributed by atoms with E-state index in [1.54, 1.807) is 18.2 Å². The summed E-state index contributed by atoms with van der Waals surface area (Å²) in [6.07, 6.45) is -0.245. The highest BCUT2D eigenvalue weighted by Crippen LogP contribution is 2.37. The first-order chi connectivity index (χ1) is 17.6. The molecule has 37 heavy (non-hydrogen) atoms. The molecular weight excluding hydrogens is 504 g/mol. The molecule has 0 aliphatic heterocycles. The molecule has 0 aliphatic rings. The molecule has 4 rings (SSSR count). The van der Waals surface area contributed by atoms with Crippen LogP contribution in [0.15, 0.2) is 70.8 Å². The van der Waals surface area contributed by atoms with E-state index in [4.69, 9.17) is 15.5 Å². The summed E-state index contributed by atoms with van der Waals surface area (Å²) in [5.41, 5.74) is 9.20. The summed E-state index contributed by atoms with van der Waals surface area (Å²) >= 11 is 0. The summed E-state index contributed by atoms with van der Waals surface area (Å²) in [7, 11) is -4.10.